The Morgan fingerprint density at radius 3 is 2.56 bits per heavy atom. The summed E-state index contributed by atoms with van der Waals surface area (Å²) in [6.07, 6.45) is 1.01. The van der Waals surface area contributed by atoms with E-state index < -0.39 is 5.97 Å². The zero-order chi connectivity index (χ0) is 18.2. The van der Waals surface area contributed by atoms with Crippen LogP contribution < -0.4 is 5.32 Å². The summed E-state index contributed by atoms with van der Waals surface area (Å²) in [7, 11) is 0. The first-order valence-electron chi connectivity index (χ1n) is 8.44. The minimum Gasteiger partial charge on any atom is -0.481 e. The number of aliphatic carboxylic acids is 1. The zero-order valence-corrected chi connectivity index (χ0v) is 15.5. The highest BCUT2D eigenvalue weighted by Crippen LogP contribution is 2.32. The molecule has 0 saturated carbocycles. The smallest absolute Gasteiger partial charge is 0.321 e. The zero-order valence-electron chi connectivity index (χ0n) is 14.7. The van der Waals surface area contributed by atoms with Gasteiger partial charge in [0.25, 0.3) is 0 Å². The van der Waals surface area contributed by atoms with E-state index in [1.54, 1.807) is 16.2 Å². The lowest BCUT2D eigenvalue weighted by molar-refractivity contribution is -0.143. The summed E-state index contributed by atoms with van der Waals surface area (Å²) >= 11 is 1.64. The number of fused-ring (bicyclic) bond motifs is 1. The maximum Gasteiger partial charge on any atom is 0.321 e. The number of benzene rings is 1. The maximum absolute atomic E-state index is 12.4. The van der Waals surface area contributed by atoms with Crippen LogP contribution in [0.5, 0.6) is 0 Å². The standard InChI is InChI=1S/C18H23N3O3S/c1-18(2,3)16-20-13-5-4-12(10-14(13)25-16)19-17(24)21-8-6-11(7-9-21)15(22)23/h4-5,10-11H,6-9H2,1-3H3,(H,19,24)(H,22,23). The molecule has 0 aliphatic carbocycles. The molecule has 1 fully saturated rings. The fourth-order valence-electron chi connectivity index (χ4n) is 2.86. The van der Waals surface area contributed by atoms with Gasteiger partial charge in [-0.05, 0) is 31.0 Å². The first kappa shape index (κ1) is 17.7. The van der Waals surface area contributed by atoms with E-state index >= 15 is 0 Å². The van der Waals surface area contributed by atoms with Crippen LogP contribution in [0.1, 0.15) is 38.6 Å². The molecular weight excluding hydrogens is 338 g/mol. The molecule has 2 N–H and O–H groups in total. The summed E-state index contributed by atoms with van der Waals surface area (Å²) in [6, 6.07) is 5.55. The molecule has 0 spiro atoms. The summed E-state index contributed by atoms with van der Waals surface area (Å²) in [5.74, 6) is -1.11. The maximum atomic E-state index is 12.4. The highest BCUT2D eigenvalue weighted by atomic mass is 32.1. The molecular formula is C18H23N3O3S. The summed E-state index contributed by atoms with van der Waals surface area (Å²) < 4.78 is 1.05. The number of rotatable bonds is 2. The van der Waals surface area contributed by atoms with E-state index in [0.717, 1.165) is 20.9 Å². The Hall–Kier alpha value is -2.15. The lowest BCUT2D eigenvalue weighted by Gasteiger charge is -2.30. The molecule has 6 nitrogen and oxygen atoms in total. The Kier molecular flexibility index (Phi) is 4.69. The van der Waals surface area contributed by atoms with Gasteiger partial charge in [0, 0.05) is 24.2 Å². The molecule has 0 radical (unpaired) electrons. The van der Waals surface area contributed by atoms with Gasteiger partial charge in [-0.25, -0.2) is 9.78 Å². The van der Waals surface area contributed by atoms with Crippen molar-refractivity contribution in [2.24, 2.45) is 5.92 Å². The predicted molar refractivity (Wildman–Crippen MR) is 99.3 cm³/mol. The third-order valence-corrected chi connectivity index (χ3v) is 5.86. The number of carbonyl (C=O) groups is 2. The summed E-state index contributed by atoms with van der Waals surface area (Å²) in [4.78, 5) is 29.7. The monoisotopic (exact) mass is 361 g/mol. The van der Waals surface area contributed by atoms with E-state index in [2.05, 4.69) is 31.1 Å². The van der Waals surface area contributed by atoms with E-state index in [4.69, 9.17) is 5.11 Å². The number of nitrogens with one attached hydrogen (secondary N) is 1. The number of amides is 2. The van der Waals surface area contributed by atoms with Gasteiger partial charge >= 0.3 is 12.0 Å². The van der Waals surface area contributed by atoms with E-state index in [1.807, 2.05) is 18.2 Å². The molecule has 25 heavy (non-hydrogen) atoms. The molecule has 1 aliphatic rings. The number of hydrogen-bond acceptors (Lipinski definition) is 4. The number of urea groups is 1. The molecule has 1 aromatic heterocycles. The van der Waals surface area contributed by atoms with Crippen molar-refractivity contribution < 1.29 is 14.7 Å². The van der Waals surface area contributed by atoms with Crippen molar-refractivity contribution in [2.45, 2.75) is 39.0 Å². The van der Waals surface area contributed by atoms with Gasteiger partial charge in [-0.1, -0.05) is 20.8 Å². The third-order valence-electron chi connectivity index (χ3n) is 4.41. The molecule has 7 heteroatoms. The second-order valence-corrected chi connectivity index (χ2v) is 8.51. The molecule has 2 heterocycles. The van der Waals surface area contributed by atoms with Crippen molar-refractivity contribution in [2.75, 3.05) is 18.4 Å². The van der Waals surface area contributed by atoms with Crippen LogP contribution in [0, 0.1) is 5.92 Å². The van der Waals surface area contributed by atoms with Crippen LogP contribution >= 0.6 is 11.3 Å². The van der Waals surface area contributed by atoms with Crippen LogP contribution in [-0.4, -0.2) is 40.1 Å². The molecule has 0 atom stereocenters. The largest absolute Gasteiger partial charge is 0.481 e. The lowest BCUT2D eigenvalue weighted by Crippen LogP contribution is -2.42. The van der Waals surface area contributed by atoms with Crippen LogP contribution in [0.2, 0.25) is 0 Å². The van der Waals surface area contributed by atoms with Crippen LogP contribution in [0.15, 0.2) is 18.2 Å². The second kappa shape index (κ2) is 6.63. The molecule has 134 valence electrons. The average Bonchev–Trinajstić information content (AvgIpc) is 2.98. The van der Waals surface area contributed by atoms with Gasteiger partial charge < -0.3 is 15.3 Å². The summed E-state index contributed by atoms with van der Waals surface area (Å²) in [5, 5.41) is 13.0. The summed E-state index contributed by atoms with van der Waals surface area (Å²) in [6.45, 7) is 7.34. The number of likely N-dealkylation sites (tertiary alicyclic amines) is 1. The van der Waals surface area contributed by atoms with E-state index in [9.17, 15) is 9.59 Å². The van der Waals surface area contributed by atoms with E-state index in [0.29, 0.717) is 25.9 Å². The topological polar surface area (TPSA) is 82.5 Å². The Labute approximate surface area is 150 Å². The first-order valence-corrected chi connectivity index (χ1v) is 9.25. The van der Waals surface area contributed by atoms with Gasteiger partial charge in [-0.15, -0.1) is 11.3 Å². The van der Waals surface area contributed by atoms with Gasteiger partial charge in [0.15, 0.2) is 0 Å². The number of carboxylic acids is 1. The van der Waals surface area contributed by atoms with Gasteiger partial charge in [0.2, 0.25) is 0 Å². The fourth-order valence-corrected chi connectivity index (χ4v) is 3.92. The van der Waals surface area contributed by atoms with Crippen molar-refractivity contribution >= 4 is 39.2 Å². The molecule has 1 aliphatic heterocycles. The van der Waals surface area contributed by atoms with Crippen molar-refractivity contribution in [3.63, 3.8) is 0 Å². The molecule has 2 aromatic rings. The Morgan fingerprint density at radius 1 is 1.28 bits per heavy atom. The van der Waals surface area contributed by atoms with Crippen LogP contribution in [0.25, 0.3) is 10.2 Å². The number of aromatic nitrogens is 1. The van der Waals surface area contributed by atoms with Crippen LogP contribution in [-0.2, 0) is 10.2 Å². The highest BCUT2D eigenvalue weighted by molar-refractivity contribution is 7.18. The molecule has 1 saturated heterocycles. The molecule has 3 rings (SSSR count). The Bertz CT molecular complexity index is 801. The van der Waals surface area contributed by atoms with E-state index in [1.165, 1.54) is 0 Å². The summed E-state index contributed by atoms with van der Waals surface area (Å²) in [5.41, 5.74) is 1.68. The van der Waals surface area contributed by atoms with Crippen molar-refractivity contribution in [3.05, 3.63) is 23.2 Å². The number of anilines is 1. The van der Waals surface area contributed by atoms with Crippen molar-refractivity contribution in [1.82, 2.24) is 9.88 Å². The number of nitrogens with zero attached hydrogens (tertiary/aromatic N) is 2. The number of piperidine rings is 1. The number of carbonyl (C=O) groups excluding carboxylic acids is 1. The number of carboxylic acid groups (broad SMARTS) is 1. The van der Waals surface area contributed by atoms with Crippen LogP contribution in [0.3, 0.4) is 0 Å². The normalized spacial score (nSPS) is 16.2. The van der Waals surface area contributed by atoms with Crippen LogP contribution in [0.4, 0.5) is 10.5 Å². The lowest BCUT2D eigenvalue weighted by atomic mass is 9.97. The highest BCUT2D eigenvalue weighted by Gasteiger charge is 2.27. The molecule has 0 bridgehead atoms. The minimum atomic E-state index is -0.773. The van der Waals surface area contributed by atoms with Crippen molar-refractivity contribution in [3.8, 4) is 0 Å². The molecule has 1 aromatic carbocycles. The first-order chi connectivity index (χ1) is 11.7. The quantitative estimate of drug-likeness (QED) is 0.849. The number of thiazole rings is 1. The molecule has 0 unspecified atom stereocenters. The van der Waals surface area contributed by atoms with Gasteiger partial charge in [0.1, 0.15) is 0 Å². The minimum absolute atomic E-state index is 0.00157. The van der Waals surface area contributed by atoms with Crippen molar-refractivity contribution in [1.29, 1.82) is 0 Å². The van der Waals surface area contributed by atoms with E-state index in [-0.39, 0.29) is 17.4 Å². The fraction of sp³-hybridized carbons (Fsp3) is 0.500. The predicted octanol–water partition coefficient (Wildman–Crippen LogP) is 3.92. The van der Waals surface area contributed by atoms with Gasteiger partial charge in [-0.3, -0.25) is 4.79 Å². The SMILES string of the molecule is CC(C)(C)c1nc2ccc(NC(=O)N3CCC(C(=O)O)CC3)cc2s1. The third kappa shape index (κ3) is 3.92. The average molecular weight is 361 g/mol. The Morgan fingerprint density at radius 2 is 1.96 bits per heavy atom. The Balaban J connectivity index is 1.68. The van der Waals surface area contributed by atoms with Gasteiger partial charge in [0.05, 0.1) is 21.1 Å². The number of hydrogen-bond donors (Lipinski definition) is 2. The van der Waals surface area contributed by atoms with Gasteiger partial charge in [-0.2, -0.15) is 0 Å². The second-order valence-electron chi connectivity index (χ2n) is 7.48. The molecule has 2 amide bonds.